The molecule has 2 bridgehead atoms. The summed E-state index contributed by atoms with van der Waals surface area (Å²) in [5.74, 6) is 2.43. The Kier molecular flexibility index (Phi) is 5.71. The number of amides is 1. The molecule has 5 heterocycles. The van der Waals surface area contributed by atoms with E-state index in [9.17, 15) is 18.0 Å². The molecule has 4 atom stereocenters. The van der Waals surface area contributed by atoms with Gasteiger partial charge in [0.05, 0.1) is 18.4 Å². The number of hydrogen-bond acceptors (Lipinski definition) is 6. The normalized spacial score (nSPS) is 27.4. The third-order valence-corrected chi connectivity index (χ3v) is 10.9. The van der Waals surface area contributed by atoms with E-state index in [4.69, 9.17) is 9.47 Å². The maximum Gasteiger partial charge on any atom is 0.417 e. The maximum absolute atomic E-state index is 14.0. The van der Waals surface area contributed by atoms with Crippen LogP contribution < -0.4 is 14.4 Å². The Bertz CT molecular complexity index is 1630. The number of carbonyl (C=O) groups is 1. The number of rotatable bonds is 3. The third kappa shape index (κ3) is 3.66. The number of aromatic amines is 1. The molecule has 43 heavy (non-hydrogen) atoms. The summed E-state index contributed by atoms with van der Waals surface area (Å²) in [7, 11) is 3.92. The van der Waals surface area contributed by atoms with Crippen LogP contribution in [0.15, 0.2) is 30.5 Å². The first-order chi connectivity index (χ1) is 20.6. The first-order valence-electron chi connectivity index (χ1n) is 15.0. The van der Waals surface area contributed by atoms with E-state index in [1.54, 1.807) is 7.11 Å². The van der Waals surface area contributed by atoms with Gasteiger partial charge in [-0.2, -0.15) is 13.2 Å². The second-order valence-corrected chi connectivity index (χ2v) is 12.7. The number of methoxy groups -OCH3 is 1. The van der Waals surface area contributed by atoms with Gasteiger partial charge in [-0.3, -0.25) is 4.79 Å². The van der Waals surface area contributed by atoms with Crippen LogP contribution in [0.5, 0.6) is 11.5 Å². The Morgan fingerprint density at radius 3 is 2.60 bits per heavy atom. The van der Waals surface area contributed by atoms with Crippen molar-refractivity contribution in [3.8, 4) is 11.5 Å². The Morgan fingerprint density at radius 2 is 1.91 bits per heavy atom. The summed E-state index contributed by atoms with van der Waals surface area (Å²) in [6.45, 7) is 4.93. The number of likely N-dealkylation sites (N-methyl/N-ethyl adjacent to an activating group) is 1. The van der Waals surface area contributed by atoms with Gasteiger partial charge in [0.2, 0.25) is 0 Å². The van der Waals surface area contributed by atoms with Gasteiger partial charge < -0.3 is 29.2 Å². The van der Waals surface area contributed by atoms with Crippen LogP contribution in [0.3, 0.4) is 0 Å². The number of aromatic nitrogens is 2. The Morgan fingerprint density at radius 1 is 1.12 bits per heavy atom. The van der Waals surface area contributed by atoms with Gasteiger partial charge in [0.1, 0.15) is 17.6 Å². The Balaban J connectivity index is 1.08. The molecule has 1 N–H and O–H groups in total. The average Bonchev–Trinajstić information content (AvgIpc) is 3.52. The van der Waals surface area contributed by atoms with Crippen molar-refractivity contribution in [2.24, 2.45) is 5.92 Å². The molecule has 2 fully saturated rings. The summed E-state index contributed by atoms with van der Waals surface area (Å²) in [6.07, 6.45) is -0.895. The van der Waals surface area contributed by atoms with E-state index >= 15 is 0 Å². The fourth-order valence-electron chi connectivity index (χ4n) is 8.69. The van der Waals surface area contributed by atoms with Gasteiger partial charge in [-0.25, -0.2) is 4.98 Å². The largest absolute Gasteiger partial charge is 0.493 e. The molecule has 2 aliphatic carbocycles. The van der Waals surface area contributed by atoms with Gasteiger partial charge in [-0.1, -0.05) is 6.07 Å². The van der Waals surface area contributed by atoms with E-state index in [2.05, 4.69) is 28.0 Å². The van der Waals surface area contributed by atoms with Gasteiger partial charge >= 0.3 is 6.18 Å². The molecule has 2 aromatic heterocycles. The molecule has 8 nitrogen and oxygen atoms in total. The van der Waals surface area contributed by atoms with Crippen LogP contribution in [0.1, 0.15) is 56.5 Å². The first-order valence-corrected chi connectivity index (χ1v) is 15.0. The molecule has 0 radical (unpaired) electrons. The molecule has 0 saturated carbocycles. The van der Waals surface area contributed by atoms with Crippen molar-refractivity contribution in [3.63, 3.8) is 0 Å². The van der Waals surface area contributed by atoms with E-state index in [0.717, 1.165) is 60.8 Å². The topological polar surface area (TPSA) is 73.9 Å². The number of H-pyrrole nitrogens is 1. The number of ether oxygens (including phenoxy) is 2. The molecule has 226 valence electrons. The van der Waals surface area contributed by atoms with Crippen LogP contribution in [-0.4, -0.2) is 78.6 Å². The van der Waals surface area contributed by atoms with Gasteiger partial charge in [-0.15, -0.1) is 0 Å². The van der Waals surface area contributed by atoms with Crippen molar-refractivity contribution in [1.82, 2.24) is 19.8 Å². The number of likely N-dealkylation sites (tertiary alicyclic amines) is 1. The van der Waals surface area contributed by atoms with Crippen LogP contribution >= 0.6 is 0 Å². The Hall–Kier alpha value is -3.73. The summed E-state index contributed by atoms with van der Waals surface area (Å²) >= 11 is 0. The van der Waals surface area contributed by atoms with Gasteiger partial charge in [-0.05, 0) is 80.6 Å². The number of alkyl halides is 3. The molecule has 1 unspecified atom stereocenters. The minimum atomic E-state index is -4.42. The first kappa shape index (κ1) is 26.9. The van der Waals surface area contributed by atoms with Crippen molar-refractivity contribution in [2.45, 2.75) is 49.9 Å². The molecule has 1 aromatic carbocycles. The van der Waals surface area contributed by atoms with E-state index in [0.29, 0.717) is 49.7 Å². The summed E-state index contributed by atoms with van der Waals surface area (Å²) < 4.78 is 51.5. The van der Waals surface area contributed by atoms with Crippen molar-refractivity contribution < 1.29 is 27.4 Å². The summed E-state index contributed by atoms with van der Waals surface area (Å²) in [4.78, 5) is 27.8. The Labute approximate surface area is 247 Å². The van der Waals surface area contributed by atoms with Crippen LogP contribution in [-0.2, 0) is 24.4 Å². The predicted octanol–water partition coefficient (Wildman–Crippen LogP) is 4.51. The minimum Gasteiger partial charge on any atom is -0.493 e. The van der Waals surface area contributed by atoms with Gasteiger partial charge in [0.15, 0.2) is 11.5 Å². The maximum atomic E-state index is 14.0. The number of piperidine rings is 1. The standard InChI is InChI=1S/C32H34F3N5O3/c1-17-20-15-21-22-14-18-4-6-23(42-3)28-25(18)31(21,8-9-38(22)2)29(43-28)27(20)37-26(17)30(41)40-12-10-39(11-13-40)24-7-5-19(16-36-24)32(33,34)35/h4-7,16,21-22,29,37H,8-15H2,1-3H3/t21?,22-,29+,31+/m1/s1. The fourth-order valence-corrected chi connectivity index (χ4v) is 8.69. The van der Waals surface area contributed by atoms with Crippen LogP contribution in [0.25, 0.3) is 0 Å². The van der Waals surface area contributed by atoms with Crippen LogP contribution in [0.2, 0.25) is 0 Å². The van der Waals surface area contributed by atoms with Crippen LogP contribution in [0, 0.1) is 12.8 Å². The number of fused-ring (bicyclic) bond motifs is 2. The number of nitrogens with one attached hydrogen (secondary N) is 1. The van der Waals surface area contributed by atoms with E-state index in [1.165, 1.54) is 22.8 Å². The zero-order valence-electron chi connectivity index (χ0n) is 24.4. The van der Waals surface area contributed by atoms with Crippen molar-refractivity contribution in [2.75, 3.05) is 51.8 Å². The SMILES string of the molecule is COc1ccc2c3c1O[C@H]1c4[nH]c(C(=O)N5CCN(c6ccc(C(F)(F)F)cn6)CC5)c(C)c4CC4[C@@H](C2)N(C)CC[C@@]341. The molecule has 5 aliphatic rings. The lowest BCUT2D eigenvalue weighted by atomic mass is 9.51. The lowest BCUT2D eigenvalue weighted by Gasteiger charge is -2.57. The summed E-state index contributed by atoms with van der Waals surface area (Å²) in [5, 5.41) is 0. The molecule has 1 spiro atoms. The summed E-state index contributed by atoms with van der Waals surface area (Å²) in [5.41, 5.74) is 5.53. The lowest BCUT2D eigenvalue weighted by molar-refractivity contribution is -0.137. The molecular formula is C32H34F3N5O3. The molecule has 1 amide bonds. The molecule has 8 rings (SSSR count). The number of piperazine rings is 1. The number of halogens is 3. The van der Waals surface area contributed by atoms with Gasteiger partial charge in [0.25, 0.3) is 5.91 Å². The highest BCUT2D eigenvalue weighted by molar-refractivity contribution is 5.95. The number of anilines is 1. The molecule has 3 aliphatic heterocycles. The molecular weight excluding hydrogens is 559 g/mol. The minimum absolute atomic E-state index is 0.0544. The quantitative estimate of drug-likeness (QED) is 0.482. The molecule has 3 aromatic rings. The fraction of sp³-hybridized carbons (Fsp3) is 0.500. The van der Waals surface area contributed by atoms with Crippen LogP contribution in [0.4, 0.5) is 19.0 Å². The van der Waals surface area contributed by atoms with Crippen molar-refractivity contribution in [1.29, 1.82) is 0 Å². The highest BCUT2D eigenvalue weighted by Crippen LogP contribution is 2.67. The second kappa shape index (κ2) is 9.14. The number of benzene rings is 1. The number of carbonyl (C=O) groups excluding carboxylic acids is 1. The molecule has 11 heteroatoms. The van der Waals surface area contributed by atoms with E-state index in [1.807, 2.05) is 22.8 Å². The van der Waals surface area contributed by atoms with Gasteiger partial charge in [0, 0.05) is 49.4 Å². The van der Waals surface area contributed by atoms with Crippen molar-refractivity contribution >= 4 is 11.7 Å². The highest BCUT2D eigenvalue weighted by Gasteiger charge is 2.65. The monoisotopic (exact) mass is 593 g/mol. The number of pyridine rings is 1. The second-order valence-electron chi connectivity index (χ2n) is 12.7. The zero-order chi connectivity index (χ0) is 29.8. The predicted molar refractivity (Wildman–Crippen MR) is 153 cm³/mol. The number of hydrogen-bond donors (Lipinski definition) is 1. The lowest BCUT2D eigenvalue weighted by Crippen LogP contribution is -2.62. The molecule has 2 saturated heterocycles. The summed E-state index contributed by atoms with van der Waals surface area (Å²) in [6, 6.07) is 7.08. The average molecular weight is 594 g/mol. The highest BCUT2D eigenvalue weighted by atomic mass is 19.4. The van der Waals surface area contributed by atoms with Crippen molar-refractivity contribution in [3.05, 3.63) is 69.7 Å². The van der Waals surface area contributed by atoms with E-state index in [-0.39, 0.29) is 17.4 Å². The third-order valence-electron chi connectivity index (χ3n) is 10.9. The van der Waals surface area contributed by atoms with E-state index < -0.39 is 11.7 Å². The number of nitrogens with zero attached hydrogens (tertiary/aromatic N) is 4. The smallest absolute Gasteiger partial charge is 0.417 e. The zero-order valence-corrected chi connectivity index (χ0v) is 24.4.